The van der Waals surface area contributed by atoms with Gasteiger partial charge in [-0.1, -0.05) is 52.7 Å². The van der Waals surface area contributed by atoms with Crippen LogP contribution in [-0.4, -0.2) is 16.5 Å². The van der Waals surface area contributed by atoms with E-state index in [1.165, 1.54) is 12.0 Å². The van der Waals surface area contributed by atoms with Crippen molar-refractivity contribution in [1.29, 1.82) is 5.26 Å². The Labute approximate surface area is 187 Å². The fourth-order valence-corrected chi connectivity index (χ4v) is 4.52. The largest absolute Gasteiger partial charge is 0.348 e. The molecule has 1 amide bonds. The molecule has 2 aromatic rings. The standard InChI is InChI=1S/C27H35N3O/c1-18-9-7-8-10-25(18)29-26(31)22(17-28)16-21-15-19(2)30(20(21)3)24-13-11-23(12-14-24)27(4,5)6/h11-16,18,25H,7-10H2,1-6H3,(H,29,31)/b22-16+/t18-,25-/m0/s1. The lowest BCUT2D eigenvalue weighted by molar-refractivity contribution is -0.118. The van der Waals surface area contributed by atoms with Crippen molar-refractivity contribution < 1.29 is 4.79 Å². The van der Waals surface area contributed by atoms with Crippen LogP contribution in [0.2, 0.25) is 0 Å². The van der Waals surface area contributed by atoms with Gasteiger partial charge in [0, 0.05) is 23.1 Å². The van der Waals surface area contributed by atoms with E-state index in [1.807, 2.05) is 13.0 Å². The Morgan fingerprint density at radius 3 is 2.39 bits per heavy atom. The molecule has 0 saturated heterocycles. The Morgan fingerprint density at radius 1 is 1.16 bits per heavy atom. The van der Waals surface area contributed by atoms with E-state index in [9.17, 15) is 10.1 Å². The van der Waals surface area contributed by atoms with Gasteiger partial charge in [0.05, 0.1) is 0 Å². The summed E-state index contributed by atoms with van der Waals surface area (Å²) in [7, 11) is 0. The van der Waals surface area contributed by atoms with Crippen molar-refractivity contribution in [1.82, 2.24) is 9.88 Å². The van der Waals surface area contributed by atoms with Crippen LogP contribution in [0.25, 0.3) is 11.8 Å². The van der Waals surface area contributed by atoms with Crippen LogP contribution in [0.15, 0.2) is 35.9 Å². The highest BCUT2D eigenvalue weighted by Gasteiger charge is 2.24. The lowest BCUT2D eigenvalue weighted by Gasteiger charge is -2.29. The van der Waals surface area contributed by atoms with Crippen LogP contribution in [-0.2, 0) is 10.2 Å². The van der Waals surface area contributed by atoms with Gasteiger partial charge in [-0.15, -0.1) is 0 Å². The van der Waals surface area contributed by atoms with E-state index in [4.69, 9.17) is 0 Å². The quantitative estimate of drug-likeness (QED) is 0.490. The first-order valence-corrected chi connectivity index (χ1v) is 11.3. The molecule has 164 valence electrons. The Hall–Kier alpha value is -2.80. The average Bonchev–Trinajstić information content (AvgIpc) is 3.00. The van der Waals surface area contributed by atoms with Crippen LogP contribution in [0, 0.1) is 31.1 Å². The Balaban J connectivity index is 1.87. The van der Waals surface area contributed by atoms with E-state index in [0.717, 1.165) is 41.9 Å². The minimum absolute atomic E-state index is 0.109. The number of carbonyl (C=O) groups is 1. The van der Waals surface area contributed by atoms with Gasteiger partial charge in [-0.2, -0.15) is 5.26 Å². The second-order valence-electron chi connectivity index (χ2n) is 9.97. The number of aryl methyl sites for hydroxylation is 1. The Morgan fingerprint density at radius 2 is 1.81 bits per heavy atom. The van der Waals surface area contributed by atoms with Crippen LogP contribution in [0.5, 0.6) is 0 Å². The molecule has 4 nitrogen and oxygen atoms in total. The third-order valence-corrected chi connectivity index (χ3v) is 6.55. The third kappa shape index (κ3) is 5.10. The van der Waals surface area contributed by atoms with Crippen LogP contribution in [0.4, 0.5) is 0 Å². The zero-order valence-electron chi connectivity index (χ0n) is 19.7. The molecule has 1 aliphatic carbocycles. The van der Waals surface area contributed by atoms with Gasteiger partial charge < -0.3 is 9.88 Å². The van der Waals surface area contributed by atoms with Crippen molar-refractivity contribution in [3.63, 3.8) is 0 Å². The molecule has 0 spiro atoms. The zero-order valence-corrected chi connectivity index (χ0v) is 19.7. The predicted octanol–water partition coefficient (Wildman–Crippen LogP) is 5.99. The number of hydrogen-bond donors (Lipinski definition) is 1. The van der Waals surface area contributed by atoms with Crippen molar-refractivity contribution in [2.75, 3.05) is 0 Å². The summed E-state index contributed by atoms with van der Waals surface area (Å²) in [6, 6.07) is 12.9. The number of amides is 1. The lowest BCUT2D eigenvalue weighted by atomic mass is 9.86. The molecule has 1 N–H and O–H groups in total. The second-order valence-corrected chi connectivity index (χ2v) is 9.97. The topological polar surface area (TPSA) is 57.8 Å². The summed E-state index contributed by atoms with van der Waals surface area (Å²) < 4.78 is 2.17. The maximum absolute atomic E-state index is 12.8. The molecule has 1 fully saturated rings. The maximum atomic E-state index is 12.8. The molecule has 31 heavy (non-hydrogen) atoms. The van der Waals surface area contributed by atoms with Gasteiger partial charge in [-0.05, 0) is 73.4 Å². The highest BCUT2D eigenvalue weighted by Crippen LogP contribution is 2.27. The molecule has 0 bridgehead atoms. The number of benzene rings is 1. The van der Waals surface area contributed by atoms with Gasteiger partial charge in [0.1, 0.15) is 11.6 Å². The summed E-state index contributed by atoms with van der Waals surface area (Å²) in [5, 5.41) is 12.8. The number of aromatic nitrogens is 1. The van der Waals surface area contributed by atoms with Crippen LogP contribution >= 0.6 is 0 Å². The van der Waals surface area contributed by atoms with Crippen LogP contribution in [0.3, 0.4) is 0 Å². The number of carbonyl (C=O) groups excluding carboxylic acids is 1. The first kappa shape index (κ1) is 22.9. The highest BCUT2D eigenvalue weighted by atomic mass is 16.1. The first-order valence-electron chi connectivity index (χ1n) is 11.3. The molecule has 0 unspecified atom stereocenters. The number of hydrogen-bond acceptors (Lipinski definition) is 2. The van der Waals surface area contributed by atoms with E-state index in [1.54, 1.807) is 6.08 Å². The second kappa shape index (κ2) is 9.14. The fraction of sp³-hybridized carbons (Fsp3) is 0.481. The number of rotatable bonds is 4. The van der Waals surface area contributed by atoms with E-state index >= 15 is 0 Å². The molecule has 3 rings (SSSR count). The molecule has 2 atom stereocenters. The normalized spacial score (nSPS) is 19.7. The molecule has 1 aliphatic rings. The van der Waals surface area contributed by atoms with Gasteiger partial charge in [-0.25, -0.2) is 0 Å². The monoisotopic (exact) mass is 417 g/mol. The molecule has 1 saturated carbocycles. The van der Waals surface area contributed by atoms with Crippen molar-refractivity contribution in [3.05, 3.63) is 58.4 Å². The minimum Gasteiger partial charge on any atom is -0.348 e. The van der Waals surface area contributed by atoms with Gasteiger partial charge >= 0.3 is 0 Å². The molecular formula is C27H35N3O. The fourth-order valence-electron chi connectivity index (χ4n) is 4.52. The maximum Gasteiger partial charge on any atom is 0.262 e. The minimum atomic E-state index is -0.263. The number of nitrogens with zero attached hydrogens (tertiary/aromatic N) is 2. The third-order valence-electron chi connectivity index (χ3n) is 6.55. The smallest absolute Gasteiger partial charge is 0.262 e. The molecule has 1 aromatic heterocycles. The van der Waals surface area contributed by atoms with E-state index in [2.05, 4.69) is 74.8 Å². The Bertz CT molecular complexity index is 1010. The SMILES string of the molecule is Cc1cc(/C=C(\C#N)C(=O)N[C@H]2CCCC[C@@H]2C)c(C)n1-c1ccc(C(C)(C)C)cc1. The van der Waals surface area contributed by atoms with Gasteiger partial charge in [0.2, 0.25) is 0 Å². The average molecular weight is 418 g/mol. The molecule has 4 heteroatoms. The summed E-state index contributed by atoms with van der Waals surface area (Å²) in [4.78, 5) is 12.8. The van der Waals surface area contributed by atoms with Gasteiger partial charge in [-0.3, -0.25) is 4.79 Å². The summed E-state index contributed by atoms with van der Waals surface area (Å²) in [6.07, 6.45) is 6.20. The van der Waals surface area contributed by atoms with Crippen molar-refractivity contribution in [3.8, 4) is 11.8 Å². The summed E-state index contributed by atoms with van der Waals surface area (Å²) in [6.45, 7) is 12.9. The van der Waals surface area contributed by atoms with Crippen molar-refractivity contribution in [2.45, 2.75) is 78.7 Å². The van der Waals surface area contributed by atoms with Crippen LogP contribution < -0.4 is 5.32 Å². The first-order chi connectivity index (χ1) is 14.6. The van der Waals surface area contributed by atoms with E-state index in [-0.39, 0.29) is 22.9 Å². The van der Waals surface area contributed by atoms with E-state index in [0.29, 0.717) is 5.92 Å². The van der Waals surface area contributed by atoms with Gasteiger partial charge in [0.25, 0.3) is 5.91 Å². The summed E-state index contributed by atoms with van der Waals surface area (Å²) >= 11 is 0. The highest BCUT2D eigenvalue weighted by molar-refractivity contribution is 6.02. The molecule has 0 aliphatic heterocycles. The van der Waals surface area contributed by atoms with Crippen LogP contribution in [0.1, 0.15) is 75.9 Å². The van der Waals surface area contributed by atoms with Crippen molar-refractivity contribution in [2.24, 2.45) is 5.92 Å². The zero-order chi connectivity index (χ0) is 22.8. The number of nitrogens with one attached hydrogen (secondary N) is 1. The summed E-state index contributed by atoms with van der Waals surface area (Å²) in [5.41, 5.74) is 5.65. The molecule has 1 heterocycles. The molecule has 0 radical (unpaired) electrons. The number of nitriles is 1. The molecule has 1 aromatic carbocycles. The van der Waals surface area contributed by atoms with Crippen molar-refractivity contribution >= 4 is 12.0 Å². The Kier molecular flexibility index (Phi) is 6.74. The molecular weight excluding hydrogens is 382 g/mol. The van der Waals surface area contributed by atoms with E-state index < -0.39 is 0 Å². The lowest BCUT2D eigenvalue weighted by Crippen LogP contribution is -2.41. The predicted molar refractivity (Wildman–Crippen MR) is 127 cm³/mol. The van der Waals surface area contributed by atoms with Gasteiger partial charge in [0.15, 0.2) is 0 Å². The summed E-state index contributed by atoms with van der Waals surface area (Å²) in [5.74, 6) is 0.194.